The van der Waals surface area contributed by atoms with Crippen LogP contribution in [0, 0.1) is 12.8 Å². The highest BCUT2D eigenvalue weighted by Crippen LogP contribution is 2.20. The van der Waals surface area contributed by atoms with Crippen molar-refractivity contribution in [2.45, 2.75) is 26.7 Å². The van der Waals surface area contributed by atoms with Crippen LogP contribution in [0.15, 0.2) is 11.4 Å². The van der Waals surface area contributed by atoms with E-state index in [0.717, 1.165) is 37.4 Å². The Morgan fingerprint density at radius 2 is 2.13 bits per heavy atom. The van der Waals surface area contributed by atoms with E-state index in [9.17, 15) is 4.79 Å². The van der Waals surface area contributed by atoms with E-state index in [1.165, 1.54) is 4.88 Å². The van der Waals surface area contributed by atoms with Crippen molar-refractivity contribution < 1.29 is 4.79 Å². The lowest BCUT2D eigenvalue weighted by atomic mass is 9.99. The number of carbonyl (C=O) groups is 1. The fourth-order valence-corrected chi connectivity index (χ4v) is 2.63. The molecule has 1 aromatic heterocycles. The highest BCUT2D eigenvalue weighted by molar-refractivity contribution is 7.10. The second-order valence-corrected chi connectivity index (χ2v) is 5.54. The highest BCUT2D eigenvalue weighted by atomic mass is 32.1. The summed E-state index contributed by atoms with van der Waals surface area (Å²) >= 11 is 1.65. The summed E-state index contributed by atoms with van der Waals surface area (Å²) in [4.78, 5) is 15.3. The van der Waals surface area contributed by atoms with Crippen LogP contribution in [-0.4, -0.2) is 23.9 Å². The average molecular weight is 223 g/mol. The molecule has 1 aromatic rings. The number of nitrogens with zero attached hydrogens (tertiary/aromatic N) is 1. The molecule has 0 spiro atoms. The van der Waals surface area contributed by atoms with Gasteiger partial charge in [-0.05, 0) is 31.7 Å². The Hall–Kier alpha value is -0.830. The van der Waals surface area contributed by atoms with Gasteiger partial charge in [0.25, 0.3) is 5.91 Å². The van der Waals surface area contributed by atoms with Gasteiger partial charge in [0.2, 0.25) is 0 Å². The molecule has 1 aliphatic heterocycles. The molecule has 15 heavy (non-hydrogen) atoms. The van der Waals surface area contributed by atoms with Gasteiger partial charge in [-0.15, -0.1) is 11.3 Å². The van der Waals surface area contributed by atoms with Crippen molar-refractivity contribution in [3.8, 4) is 0 Å². The summed E-state index contributed by atoms with van der Waals surface area (Å²) in [6, 6.07) is 1.99. The van der Waals surface area contributed by atoms with Crippen LogP contribution in [0.2, 0.25) is 0 Å². The monoisotopic (exact) mass is 223 g/mol. The summed E-state index contributed by atoms with van der Waals surface area (Å²) in [5, 5.41) is 1.97. The molecule has 2 nitrogen and oxygen atoms in total. The SMILES string of the molecule is Cc1cc(C(=O)N2CCC(C)CC2)cs1. The van der Waals surface area contributed by atoms with Crippen molar-refractivity contribution in [3.63, 3.8) is 0 Å². The molecule has 0 atom stereocenters. The van der Waals surface area contributed by atoms with Crippen LogP contribution < -0.4 is 0 Å². The number of thiophene rings is 1. The first-order chi connectivity index (χ1) is 7.16. The quantitative estimate of drug-likeness (QED) is 0.717. The minimum atomic E-state index is 0.214. The molecule has 1 amide bonds. The van der Waals surface area contributed by atoms with Gasteiger partial charge >= 0.3 is 0 Å². The molecule has 0 bridgehead atoms. The van der Waals surface area contributed by atoms with Crippen molar-refractivity contribution >= 4 is 17.2 Å². The van der Waals surface area contributed by atoms with Gasteiger partial charge in [-0.3, -0.25) is 4.79 Å². The molecule has 0 N–H and O–H groups in total. The molecule has 0 aromatic carbocycles. The highest BCUT2D eigenvalue weighted by Gasteiger charge is 2.21. The Kier molecular flexibility index (Phi) is 3.10. The number of amides is 1. The van der Waals surface area contributed by atoms with Gasteiger partial charge in [0.15, 0.2) is 0 Å². The van der Waals surface area contributed by atoms with Crippen molar-refractivity contribution in [1.29, 1.82) is 0 Å². The second-order valence-electron chi connectivity index (χ2n) is 4.42. The van der Waals surface area contributed by atoms with Gasteiger partial charge in [0.05, 0.1) is 5.56 Å². The largest absolute Gasteiger partial charge is 0.339 e. The van der Waals surface area contributed by atoms with Crippen molar-refractivity contribution in [2.75, 3.05) is 13.1 Å². The van der Waals surface area contributed by atoms with Gasteiger partial charge in [-0.2, -0.15) is 0 Å². The Balaban J connectivity index is 2.02. The summed E-state index contributed by atoms with van der Waals surface area (Å²) in [7, 11) is 0. The molecule has 0 aliphatic carbocycles. The third kappa shape index (κ3) is 2.40. The first kappa shape index (κ1) is 10.7. The summed E-state index contributed by atoms with van der Waals surface area (Å²) in [5.74, 6) is 0.990. The molecule has 0 radical (unpaired) electrons. The van der Waals surface area contributed by atoms with Crippen molar-refractivity contribution in [1.82, 2.24) is 4.90 Å². The van der Waals surface area contributed by atoms with Crippen LogP contribution >= 0.6 is 11.3 Å². The predicted molar refractivity (Wildman–Crippen MR) is 63.4 cm³/mol. The van der Waals surface area contributed by atoms with Gasteiger partial charge in [-0.1, -0.05) is 6.92 Å². The molecule has 0 unspecified atom stereocenters. The Morgan fingerprint density at radius 3 is 2.67 bits per heavy atom. The normalized spacial score (nSPS) is 18.1. The number of hydrogen-bond acceptors (Lipinski definition) is 2. The Labute approximate surface area is 94.9 Å². The number of carbonyl (C=O) groups excluding carboxylic acids is 1. The topological polar surface area (TPSA) is 20.3 Å². The fraction of sp³-hybridized carbons (Fsp3) is 0.583. The summed E-state index contributed by atoms with van der Waals surface area (Å²) < 4.78 is 0. The zero-order valence-corrected chi connectivity index (χ0v) is 10.1. The molecular formula is C12H17NOS. The molecular weight excluding hydrogens is 206 g/mol. The zero-order valence-electron chi connectivity index (χ0n) is 9.32. The van der Waals surface area contributed by atoms with Crippen LogP contribution in [-0.2, 0) is 0 Å². The number of likely N-dealkylation sites (tertiary alicyclic amines) is 1. The lowest BCUT2D eigenvalue weighted by Gasteiger charge is -2.30. The first-order valence-electron chi connectivity index (χ1n) is 5.51. The maximum atomic E-state index is 12.1. The van der Waals surface area contributed by atoms with Crippen LogP contribution in [0.3, 0.4) is 0 Å². The number of piperidine rings is 1. The van der Waals surface area contributed by atoms with Crippen LogP contribution in [0.5, 0.6) is 0 Å². The van der Waals surface area contributed by atoms with E-state index in [0.29, 0.717) is 0 Å². The molecule has 2 rings (SSSR count). The van der Waals surface area contributed by atoms with Gasteiger partial charge < -0.3 is 4.90 Å². The summed E-state index contributed by atoms with van der Waals surface area (Å²) in [6.45, 7) is 6.15. The molecule has 2 heterocycles. The Morgan fingerprint density at radius 1 is 1.47 bits per heavy atom. The molecule has 0 saturated carbocycles. The minimum Gasteiger partial charge on any atom is -0.339 e. The van der Waals surface area contributed by atoms with Crippen molar-refractivity contribution in [3.05, 3.63) is 21.9 Å². The van der Waals surface area contributed by atoms with Gasteiger partial charge in [-0.25, -0.2) is 0 Å². The number of aryl methyl sites for hydroxylation is 1. The maximum absolute atomic E-state index is 12.1. The molecule has 3 heteroatoms. The number of hydrogen-bond donors (Lipinski definition) is 0. The first-order valence-corrected chi connectivity index (χ1v) is 6.39. The van der Waals surface area contributed by atoms with E-state index in [1.807, 2.05) is 23.3 Å². The van der Waals surface area contributed by atoms with E-state index >= 15 is 0 Å². The lowest BCUT2D eigenvalue weighted by molar-refractivity contribution is 0.0698. The van der Waals surface area contributed by atoms with Gasteiger partial charge in [0, 0.05) is 23.3 Å². The molecule has 1 saturated heterocycles. The fourth-order valence-electron chi connectivity index (χ4n) is 1.95. The van der Waals surface area contributed by atoms with E-state index in [-0.39, 0.29) is 5.91 Å². The number of rotatable bonds is 1. The third-order valence-electron chi connectivity index (χ3n) is 3.05. The lowest BCUT2D eigenvalue weighted by Crippen LogP contribution is -2.37. The van der Waals surface area contributed by atoms with E-state index < -0.39 is 0 Å². The molecule has 82 valence electrons. The molecule has 1 aliphatic rings. The zero-order chi connectivity index (χ0) is 10.8. The van der Waals surface area contributed by atoms with Crippen LogP contribution in [0.1, 0.15) is 35.0 Å². The maximum Gasteiger partial charge on any atom is 0.254 e. The van der Waals surface area contributed by atoms with Crippen LogP contribution in [0.4, 0.5) is 0 Å². The summed E-state index contributed by atoms with van der Waals surface area (Å²) in [5.41, 5.74) is 0.868. The molecule has 1 fully saturated rings. The van der Waals surface area contributed by atoms with E-state index in [1.54, 1.807) is 11.3 Å². The van der Waals surface area contributed by atoms with Crippen LogP contribution in [0.25, 0.3) is 0 Å². The average Bonchev–Trinajstić information content (AvgIpc) is 2.65. The predicted octanol–water partition coefficient (Wildman–Crippen LogP) is 2.93. The van der Waals surface area contributed by atoms with Gasteiger partial charge in [0.1, 0.15) is 0 Å². The van der Waals surface area contributed by atoms with Crippen molar-refractivity contribution in [2.24, 2.45) is 5.92 Å². The standard InChI is InChI=1S/C12H17NOS/c1-9-3-5-13(6-4-9)12(14)11-7-10(2)15-8-11/h7-9H,3-6H2,1-2H3. The third-order valence-corrected chi connectivity index (χ3v) is 3.91. The Bertz CT molecular complexity index is 350. The smallest absolute Gasteiger partial charge is 0.254 e. The second kappa shape index (κ2) is 4.35. The van der Waals surface area contributed by atoms with E-state index in [2.05, 4.69) is 6.92 Å². The van der Waals surface area contributed by atoms with E-state index in [4.69, 9.17) is 0 Å². The summed E-state index contributed by atoms with van der Waals surface area (Å²) in [6.07, 6.45) is 2.30. The minimum absolute atomic E-state index is 0.214.